The molecule has 0 saturated carbocycles. The fraction of sp³-hybridized carbons (Fsp3) is 0.400. The Morgan fingerprint density at radius 3 is 2.53 bits per heavy atom. The summed E-state index contributed by atoms with van der Waals surface area (Å²) in [6, 6.07) is 6.45. The van der Waals surface area contributed by atoms with Crippen LogP contribution in [0.25, 0.3) is 0 Å². The Kier molecular flexibility index (Phi) is 4.58. The van der Waals surface area contributed by atoms with Gasteiger partial charge in [-0.25, -0.2) is 0 Å². The third-order valence-electron chi connectivity index (χ3n) is 1.92. The van der Waals surface area contributed by atoms with Gasteiger partial charge >= 0.3 is 0 Å². The minimum absolute atomic E-state index is 0.106. The van der Waals surface area contributed by atoms with Crippen LogP contribution in [0.1, 0.15) is 13.3 Å². The fourth-order valence-electron chi connectivity index (χ4n) is 1.12. The number of aliphatic hydroxyl groups excluding tert-OH is 1. The molecular weight excluding hydrogens is 214 g/mol. The molecule has 0 bridgehead atoms. The summed E-state index contributed by atoms with van der Waals surface area (Å²) >= 11 is 1.61. The second-order valence-corrected chi connectivity index (χ2v) is 4.70. The van der Waals surface area contributed by atoms with Crippen LogP contribution >= 0.6 is 11.8 Å². The van der Waals surface area contributed by atoms with Crippen LogP contribution in [0, 0.1) is 10.1 Å². The first-order valence-electron chi connectivity index (χ1n) is 4.65. The summed E-state index contributed by atoms with van der Waals surface area (Å²) in [6.45, 7) is 2.18. The number of non-ortho nitro benzene ring substituents is 1. The minimum Gasteiger partial charge on any atom is -0.396 e. The van der Waals surface area contributed by atoms with Crippen molar-refractivity contribution in [3.63, 3.8) is 0 Å². The molecule has 4 nitrogen and oxygen atoms in total. The molecule has 0 aliphatic rings. The van der Waals surface area contributed by atoms with Crippen LogP contribution in [-0.2, 0) is 0 Å². The molecule has 82 valence electrons. The molecule has 15 heavy (non-hydrogen) atoms. The zero-order valence-electron chi connectivity index (χ0n) is 8.42. The van der Waals surface area contributed by atoms with Crippen molar-refractivity contribution in [3.05, 3.63) is 34.4 Å². The van der Waals surface area contributed by atoms with Crippen molar-refractivity contribution in [2.45, 2.75) is 23.5 Å². The summed E-state index contributed by atoms with van der Waals surface area (Å²) in [4.78, 5) is 11.0. The van der Waals surface area contributed by atoms with Crippen LogP contribution in [0.15, 0.2) is 29.2 Å². The molecule has 0 amide bonds. The van der Waals surface area contributed by atoms with Gasteiger partial charge in [-0.15, -0.1) is 11.8 Å². The molecule has 0 saturated heterocycles. The third-order valence-corrected chi connectivity index (χ3v) is 3.10. The second-order valence-electron chi connectivity index (χ2n) is 3.19. The largest absolute Gasteiger partial charge is 0.396 e. The summed E-state index contributed by atoms with van der Waals surface area (Å²) in [6.07, 6.45) is 0.724. The van der Waals surface area contributed by atoms with Gasteiger partial charge in [-0.05, 0) is 18.6 Å². The Balaban J connectivity index is 2.60. The van der Waals surface area contributed by atoms with E-state index in [1.807, 2.05) is 6.92 Å². The normalized spacial score (nSPS) is 12.4. The molecule has 0 aliphatic heterocycles. The van der Waals surface area contributed by atoms with Gasteiger partial charge in [-0.2, -0.15) is 0 Å². The summed E-state index contributed by atoms with van der Waals surface area (Å²) in [7, 11) is 0. The lowest BCUT2D eigenvalue weighted by atomic mass is 10.3. The number of nitro benzene ring substituents is 1. The molecule has 5 heteroatoms. The minimum atomic E-state index is -0.411. The van der Waals surface area contributed by atoms with Crippen molar-refractivity contribution >= 4 is 17.4 Å². The summed E-state index contributed by atoms with van der Waals surface area (Å²) in [5.41, 5.74) is 0.106. The van der Waals surface area contributed by atoms with Crippen molar-refractivity contribution in [2.24, 2.45) is 0 Å². The van der Waals surface area contributed by atoms with E-state index in [9.17, 15) is 10.1 Å². The van der Waals surface area contributed by atoms with Gasteiger partial charge in [0.2, 0.25) is 0 Å². The second kappa shape index (κ2) is 5.72. The lowest BCUT2D eigenvalue weighted by Gasteiger charge is -2.08. The predicted octanol–water partition coefficient (Wildman–Crippen LogP) is 2.46. The van der Waals surface area contributed by atoms with Crippen LogP contribution in [0.5, 0.6) is 0 Å². The Labute approximate surface area is 92.5 Å². The molecular formula is C10H13NO3S. The van der Waals surface area contributed by atoms with Crippen LogP contribution in [-0.4, -0.2) is 21.9 Å². The highest BCUT2D eigenvalue weighted by molar-refractivity contribution is 7.99. The lowest BCUT2D eigenvalue weighted by Crippen LogP contribution is -1.98. The van der Waals surface area contributed by atoms with Gasteiger partial charge in [0.1, 0.15) is 0 Å². The smallest absolute Gasteiger partial charge is 0.269 e. The zero-order valence-corrected chi connectivity index (χ0v) is 9.24. The summed E-state index contributed by atoms with van der Waals surface area (Å²) in [5, 5.41) is 19.4. The van der Waals surface area contributed by atoms with Gasteiger partial charge in [0.05, 0.1) is 4.92 Å². The first-order valence-corrected chi connectivity index (χ1v) is 5.53. The number of nitro groups is 1. The SMILES string of the molecule is CC(CCO)Sc1ccc([N+](=O)[O-])cc1. The van der Waals surface area contributed by atoms with Crippen molar-refractivity contribution in [1.82, 2.24) is 0 Å². The Hall–Kier alpha value is -1.07. The van der Waals surface area contributed by atoms with Gasteiger partial charge in [-0.3, -0.25) is 10.1 Å². The fourth-order valence-corrected chi connectivity index (χ4v) is 2.10. The van der Waals surface area contributed by atoms with E-state index < -0.39 is 4.92 Å². The summed E-state index contributed by atoms with van der Waals surface area (Å²) in [5.74, 6) is 0. The first-order chi connectivity index (χ1) is 7.13. The van der Waals surface area contributed by atoms with Crippen molar-refractivity contribution in [1.29, 1.82) is 0 Å². The number of thioether (sulfide) groups is 1. The maximum absolute atomic E-state index is 10.4. The quantitative estimate of drug-likeness (QED) is 0.477. The van der Waals surface area contributed by atoms with Gasteiger partial charge in [0, 0.05) is 28.9 Å². The van der Waals surface area contributed by atoms with E-state index in [1.165, 1.54) is 12.1 Å². The zero-order chi connectivity index (χ0) is 11.3. The highest BCUT2D eigenvalue weighted by Gasteiger charge is 2.07. The Bertz CT molecular complexity index is 326. The highest BCUT2D eigenvalue weighted by atomic mass is 32.2. The molecule has 0 aliphatic carbocycles. The van der Waals surface area contributed by atoms with Gasteiger partial charge in [0.25, 0.3) is 5.69 Å². The molecule has 0 radical (unpaired) electrons. The maximum Gasteiger partial charge on any atom is 0.269 e. The van der Waals surface area contributed by atoms with Gasteiger partial charge in [0.15, 0.2) is 0 Å². The van der Waals surface area contributed by atoms with E-state index in [0.29, 0.717) is 5.25 Å². The van der Waals surface area contributed by atoms with E-state index in [0.717, 1.165) is 11.3 Å². The van der Waals surface area contributed by atoms with E-state index in [2.05, 4.69) is 0 Å². The molecule has 1 unspecified atom stereocenters. The Morgan fingerprint density at radius 1 is 1.47 bits per heavy atom. The van der Waals surface area contributed by atoms with E-state index in [1.54, 1.807) is 23.9 Å². The number of hydrogen-bond acceptors (Lipinski definition) is 4. The molecule has 1 atom stereocenters. The Morgan fingerprint density at radius 2 is 2.07 bits per heavy atom. The lowest BCUT2D eigenvalue weighted by molar-refractivity contribution is -0.384. The molecule has 0 spiro atoms. The molecule has 0 heterocycles. The monoisotopic (exact) mass is 227 g/mol. The standard InChI is InChI=1S/C10H13NO3S/c1-8(6-7-12)15-10-4-2-9(3-5-10)11(13)14/h2-5,8,12H,6-7H2,1H3. The number of rotatable bonds is 5. The van der Waals surface area contributed by atoms with Crippen molar-refractivity contribution in [2.75, 3.05) is 6.61 Å². The van der Waals surface area contributed by atoms with Crippen LogP contribution in [0.4, 0.5) is 5.69 Å². The molecule has 0 aromatic heterocycles. The molecule has 1 rings (SSSR count). The third kappa shape index (κ3) is 3.89. The number of benzene rings is 1. The number of nitrogens with zero attached hydrogens (tertiary/aromatic N) is 1. The van der Waals surface area contributed by atoms with E-state index in [4.69, 9.17) is 5.11 Å². The van der Waals surface area contributed by atoms with Crippen molar-refractivity contribution in [3.8, 4) is 0 Å². The summed E-state index contributed by atoms with van der Waals surface area (Å²) < 4.78 is 0. The molecule has 1 N–H and O–H groups in total. The van der Waals surface area contributed by atoms with Gasteiger partial charge in [-0.1, -0.05) is 6.92 Å². The molecule has 1 aromatic carbocycles. The maximum atomic E-state index is 10.4. The van der Waals surface area contributed by atoms with Gasteiger partial charge < -0.3 is 5.11 Å². The van der Waals surface area contributed by atoms with Crippen LogP contribution in [0.2, 0.25) is 0 Å². The predicted molar refractivity (Wildman–Crippen MR) is 60.1 cm³/mol. The topological polar surface area (TPSA) is 63.4 Å². The van der Waals surface area contributed by atoms with Crippen LogP contribution in [0.3, 0.4) is 0 Å². The molecule has 0 fully saturated rings. The number of aliphatic hydroxyl groups is 1. The highest BCUT2D eigenvalue weighted by Crippen LogP contribution is 2.26. The van der Waals surface area contributed by atoms with Crippen molar-refractivity contribution < 1.29 is 10.0 Å². The number of hydrogen-bond donors (Lipinski definition) is 1. The average molecular weight is 227 g/mol. The average Bonchev–Trinajstić information content (AvgIpc) is 2.18. The van der Waals surface area contributed by atoms with E-state index in [-0.39, 0.29) is 12.3 Å². The van der Waals surface area contributed by atoms with E-state index >= 15 is 0 Å². The van der Waals surface area contributed by atoms with Crippen LogP contribution < -0.4 is 0 Å². The molecule has 1 aromatic rings. The first kappa shape index (κ1) is 12.0.